The second-order valence-corrected chi connectivity index (χ2v) is 5.25. The van der Waals surface area contributed by atoms with Gasteiger partial charge in [0.25, 0.3) is 0 Å². The summed E-state index contributed by atoms with van der Waals surface area (Å²) < 4.78 is 0. The monoisotopic (exact) mass is 256 g/mol. The van der Waals surface area contributed by atoms with E-state index in [1.807, 2.05) is 0 Å². The zero-order valence-electron chi connectivity index (χ0n) is 11.3. The molecule has 0 radical (unpaired) electrons. The molecule has 1 aliphatic rings. The third-order valence-corrected chi connectivity index (χ3v) is 3.57. The second-order valence-electron chi connectivity index (χ2n) is 5.25. The SMILES string of the molecule is CCC(C)CNC(=O)N1CCCC(CC(=O)O)C1. The quantitative estimate of drug-likeness (QED) is 0.789. The predicted octanol–water partition coefficient (Wildman–Crippen LogP) is 1.93. The number of aliphatic carboxylic acids is 1. The molecule has 0 aliphatic carbocycles. The highest BCUT2D eigenvalue weighted by Gasteiger charge is 2.25. The third kappa shape index (κ3) is 4.94. The van der Waals surface area contributed by atoms with Crippen LogP contribution in [0.1, 0.15) is 39.5 Å². The maximum absolute atomic E-state index is 11.9. The van der Waals surface area contributed by atoms with E-state index in [2.05, 4.69) is 19.2 Å². The lowest BCUT2D eigenvalue weighted by Crippen LogP contribution is -2.46. The summed E-state index contributed by atoms with van der Waals surface area (Å²) in [5, 5.41) is 11.7. The highest BCUT2D eigenvalue weighted by atomic mass is 16.4. The number of carbonyl (C=O) groups is 2. The van der Waals surface area contributed by atoms with Crippen LogP contribution >= 0.6 is 0 Å². The first-order valence-electron chi connectivity index (χ1n) is 6.77. The lowest BCUT2D eigenvalue weighted by Gasteiger charge is -2.32. The summed E-state index contributed by atoms with van der Waals surface area (Å²) in [5.74, 6) is -0.194. The largest absolute Gasteiger partial charge is 0.481 e. The summed E-state index contributed by atoms with van der Waals surface area (Å²) in [5.41, 5.74) is 0. The van der Waals surface area contributed by atoms with Crippen LogP contribution in [0.5, 0.6) is 0 Å². The summed E-state index contributed by atoms with van der Waals surface area (Å²) in [6.45, 7) is 6.20. The number of nitrogens with one attached hydrogen (secondary N) is 1. The standard InChI is InChI=1S/C13H24N2O3/c1-3-10(2)8-14-13(18)15-6-4-5-11(9-15)7-12(16)17/h10-11H,3-9H2,1-2H3,(H,14,18)(H,16,17). The third-order valence-electron chi connectivity index (χ3n) is 3.57. The van der Waals surface area contributed by atoms with Gasteiger partial charge in [-0.1, -0.05) is 20.3 Å². The van der Waals surface area contributed by atoms with E-state index in [1.54, 1.807) is 4.90 Å². The molecule has 0 spiro atoms. The smallest absolute Gasteiger partial charge is 0.317 e. The second kappa shape index (κ2) is 7.24. The molecule has 0 bridgehead atoms. The summed E-state index contributed by atoms with van der Waals surface area (Å²) in [6, 6.07) is -0.0506. The average molecular weight is 256 g/mol. The molecule has 2 amide bonds. The fourth-order valence-corrected chi connectivity index (χ4v) is 2.18. The van der Waals surface area contributed by atoms with Gasteiger partial charge in [0.05, 0.1) is 0 Å². The van der Waals surface area contributed by atoms with Crippen molar-refractivity contribution in [2.24, 2.45) is 11.8 Å². The minimum absolute atomic E-state index is 0.0506. The van der Waals surface area contributed by atoms with Crippen LogP contribution < -0.4 is 5.32 Å². The molecule has 0 saturated carbocycles. The molecule has 0 aromatic carbocycles. The van der Waals surface area contributed by atoms with Gasteiger partial charge in [-0.15, -0.1) is 0 Å². The topological polar surface area (TPSA) is 69.6 Å². The number of rotatable bonds is 5. The lowest BCUT2D eigenvalue weighted by atomic mass is 9.95. The van der Waals surface area contributed by atoms with E-state index >= 15 is 0 Å². The zero-order valence-corrected chi connectivity index (χ0v) is 11.3. The van der Waals surface area contributed by atoms with Crippen molar-refractivity contribution in [3.63, 3.8) is 0 Å². The molecule has 104 valence electrons. The molecule has 2 unspecified atom stereocenters. The first-order chi connectivity index (χ1) is 8.52. The first-order valence-corrected chi connectivity index (χ1v) is 6.77. The number of likely N-dealkylation sites (tertiary alicyclic amines) is 1. The van der Waals surface area contributed by atoms with E-state index in [1.165, 1.54) is 0 Å². The number of amides is 2. The first kappa shape index (κ1) is 14.8. The summed E-state index contributed by atoms with van der Waals surface area (Å²) >= 11 is 0. The van der Waals surface area contributed by atoms with E-state index in [9.17, 15) is 9.59 Å². The van der Waals surface area contributed by atoms with E-state index in [-0.39, 0.29) is 18.4 Å². The number of nitrogens with zero attached hydrogens (tertiary/aromatic N) is 1. The molecular formula is C13H24N2O3. The van der Waals surface area contributed by atoms with Crippen LogP contribution in [0.3, 0.4) is 0 Å². The molecule has 2 N–H and O–H groups in total. The lowest BCUT2D eigenvalue weighted by molar-refractivity contribution is -0.138. The molecule has 1 saturated heterocycles. The maximum Gasteiger partial charge on any atom is 0.317 e. The van der Waals surface area contributed by atoms with Crippen LogP contribution in [0.4, 0.5) is 4.79 Å². The molecule has 2 atom stereocenters. The van der Waals surface area contributed by atoms with Crippen molar-refractivity contribution in [1.82, 2.24) is 10.2 Å². The van der Waals surface area contributed by atoms with Gasteiger partial charge in [-0.2, -0.15) is 0 Å². The Morgan fingerprint density at radius 3 is 2.83 bits per heavy atom. The molecule has 1 rings (SSSR count). The van der Waals surface area contributed by atoms with Crippen molar-refractivity contribution in [2.75, 3.05) is 19.6 Å². The molecule has 5 nitrogen and oxygen atoms in total. The van der Waals surface area contributed by atoms with Crippen molar-refractivity contribution >= 4 is 12.0 Å². The van der Waals surface area contributed by atoms with E-state index in [4.69, 9.17) is 5.11 Å². The highest BCUT2D eigenvalue weighted by molar-refractivity contribution is 5.74. The van der Waals surface area contributed by atoms with Crippen LogP contribution in [-0.2, 0) is 4.79 Å². The Hall–Kier alpha value is -1.26. The fourth-order valence-electron chi connectivity index (χ4n) is 2.18. The zero-order chi connectivity index (χ0) is 13.5. The van der Waals surface area contributed by atoms with E-state index < -0.39 is 5.97 Å². The van der Waals surface area contributed by atoms with Gasteiger partial charge in [-0.05, 0) is 24.7 Å². The Kier molecular flexibility index (Phi) is 5.95. The summed E-state index contributed by atoms with van der Waals surface area (Å²) in [7, 11) is 0. The van der Waals surface area contributed by atoms with Crippen LogP contribution in [-0.4, -0.2) is 41.6 Å². The van der Waals surface area contributed by atoms with Crippen molar-refractivity contribution in [2.45, 2.75) is 39.5 Å². The molecule has 5 heteroatoms. The molecule has 1 aliphatic heterocycles. The molecule has 1 heterocycles. The van der Waals surface area contributed by atoms with Gasteiger partial charge in [-0.3, -0.25) is 4.79 Å². The van der Waals surface area contributed by atoms with Gasteiger partial charge in [0.1, 0.15) is 0 Å². The number of hydrogen-bond donors (Lipinski definition) is 2. The Morgan fingerprint density at radius 1 is 1.50 bits per heavy atom. The van der Waals surface area contributed by atoms with Gasteiger partial charge in [0, 0.05) is 26.1 Å². The number of carboxylic acids is 1. The summed E-state index contributed by atoms with van der Waals surface area (Å²) in [6.07, 6.45) is 3.01. The predicted molar refractivity (Wildman–Crippen MR) is 69.4 cm³/mol. The normalized spacial score (nSPS) is 21.4. The van der Waals surface area contributed by atoms with Gasteiger partial charge >= 0.3 is 12.0 Å². The van der Waals surface area contributed by atoms with Gasteiger partial charge < -0.3 is 15.3 Å². The van der Waals surface area contributed by atoms with Crippen LogP contribution in [0.15, 0.2) is 0 Å². The molecule has 0 aromatic heterocycles. The molecule has 18 heavy (non-hydrogen) atoms. The van der Waals surface area contributed by atoms with Gasteiger partial charge in [-0.25, -0.2) is 4.79 Å². The average Bonchev–Trinajstić information content (AvgIpc) is 2.35. The van der Waals surface area contributed by atoms with Crippen molar-refractivity contribution < 1.29 is 14.7 Å². The number of carbonyl (C=O) groups excluding carboxylic acids is 1. The number of hydrogen-bond acceptors (Lipinski definition) is 2. The van der Waals surface area contributed by atoms with Gasteiger partial charge in [0.15, 0.2) is 0 Å². The Bertz CT molecular complexity index is 294. The fraction of sp³-hybridized carbons (Fsp3) is 0.846. The van der Waals surface area contributed by atoms with E-state index in [0.717, 1.165) is 25.8 Å². The number of carboxylic acid groups (broad SMARTS) is 1. The minimum atomic E-state index is -0.776. The van der Waals surface area contributed by atoms with Crippen molar-refractivity contribution in [1.29, 1.82) is 0 Å². The Labute approximate surface area is 109 Å². The van der Waals surface area contributed by atoms with Crippen LogP contribution in [0.25, 0.3) is 0 Å². The molecule has 1 fully saturated rings. The summed E-state index contributed by atoms with van der Waals surface area (Å²) in [4.78, 5) is 24.3. The van der Waals surface area contributed by atoms with Crippen molar-refractivity contribution in [3.8, 4) is 0 Å². The minimum Gasteiger partial charge on any atom is -0.481 e. The maximum atomic E-state index is 11.9. The molecular weight excluding hydrogens is 232 g/mol. The Morgan fingerprint density at radius 2 is 2.22 bits per heavy atom. The number of urea groups is 1. The van der Waals surface area contributed by atoms with E-state index in [0.29, 0.717) is 19.0 Å². The van der Waals surface area contributed by atoms with Gasteiger partial charge in [0.2, 0.25) is 0 Å². The van der Waals surface area contributed by atoms with Crippen molar-refractivity contribution in [3.05, 3.63) is 0 Å². The highest BCUT2D eigenvalue weighted by Crippen LogP contribution is 2.19. The molecule has 0 aromatic rings. The number of piperidine rings is 1. The van der Waals surface area contributed by atoms with Crippen LogP contribution in [0.2, 0.25) is 0 Å². The Balaban J connectivity index is 2.36. The van der Waals surface area contributed by atoms with Crippen LogP contribution in [0, 0.1) is 11.8 Å².